The highest BCUT2D eigenvalue weighted by atomic mass is 35.5. The highest BCUT2D eigenvalue weighted by Gasteiger charge is 2.10. The van der Waals surface area contributed by atoms with Crippen LogP contribution in [-0.2, 0) is 6.54 Å². The summed E-state index contributed by atoms with van der Waals surface area (Å²) in [5.74, 6) is -0.571. The SMILES string of the molecule is O=C(Nc1cnn(Cc2ccc(F)cc2)c1)c1ccccc1Cl. The minimum absolute atomic E-state index is 0.276. The van der Waals surface area contributed by atoms with Gasteiger partial charge in [-0.15, -0.1) is 0 Å². The quantitative estimate of drug-likeness (QED) is 0.787. The van der Waals surface area contributed by atoms with Crippen LogP contribution in [0, 0.1) is 5.82 Å². The lowest BCUT2D eigenvalue weighted by Gasteiger charge is -2.04. The van der Waals surface area contributed by atoms with Crippen LogP contribution < -0.4 is 5.32 Å². The van der Waals surface area contributed by atoms with Crippen molar-refractivity contribution in [2.45, 2.75) is 6.54 Å². The first kappa shape index (κ1) is 15.2. The molecule has 1 heterocycles. The van der Waals surface area contributed by atoms with Gasteiger partial charge in [-0.25, -0.2) is 4.39 Å². The topological polar surface area (TPSA) is 46.9 Å². The average Bonchev–Trinajstić information content (AvgIpc) is 2.97. The molecule has 0 aliphatic heterocycles. The lowest BCUT2D eigenvalue weighted by molar-refractivity contribution is 0.102. The van der Waals surface area contributed by atoms with E-state index in [1.807, 2.05) is 0 Å². The molecule has 23 heavy (non-hydrogen) atoms. The molecule has 0 aliphatic rings. The summed E-state index contributed by atoms with van der Waals surface area (Å²) in [4.78, 5) is 12.2. The molecule has 0 unspecified atom stereocenters. The van der Waals surface area contributed by atoms with Crippen LogP contribution >= 0.6 is 11.6 Å². The van der Waals surface area contributed by atoms with Gasteiger partial charge < -0.3 is 5.32 Å². The predicted molar refractivity (Wildman–Crippen MR) is 87.1 cm³/mol. The lowest BCUT2D eigenvalue weighted by atomic mass is 10.2. The maximum atomic E-state index is 12.9. The summed E-state index contributed by atoms with van der Waals surface area (Å²) < 4.78 is 14.5. The summed E-state index contributed by atoms with van der Waals surface area (Å²) in [7, 11) is 0. The molecular weight excluding hydrogens is 317 g/mol. The van der Waals surface area contributed by atoms with Gasteiger partial charge in [0.1, 0.15) is 5.82 Å². The van der Waals surface area contributed by atoms with Crippen molar-refractivity contribution >= 4 is 23.2 Å². The van der Waals surface area contributed by atoms with Crippen LogP contribution in [0.3, 0.4) is 0 Å². The minimum atomic E-state index is -0.295. The maximum Gasteiger partial charge on any atom is 0.257 e. The molecule has 0 spiro atoms. The van der Waals surface area contributed by atoms with E-state index < -0.39 is 0 Å². The fraction of sp³-hybridized carbons (Fsp3) is 0.0588. The number of hydrogen-bond acceptors (Lipinski definition) is 2. The summed E-state index contributed by atoms with van der Waals surface area (Å²) in [6.45, 7) is 0.488. The van der Waals surface area contributed by atoms with Crippen molar-refractivity contribution < 1.29 is 9.18 Å². The molecule has 0 saturated carbocycles. The standard InChI is InChI=1S/C17H13ClFN3O/c18-16-4-2-1-3-15(16)17(23)21-14-9-20-22(11-14)10-12-5-7-13(19)8-6-12/h1-9,11H,10H2,(H,21,23). The Balaban J connectivity index is 1.69. The average molecular weight is 330 g/mol. The zero-order chi connectivity index (χ0) is 16.2. The molecule has 3 aromatic rings. The molecule has 116 valence electrons. The Morgan fingerprint density at radius 2 is 1.91 bits per heavy atom. The largest absolute Gasteiger partial charge is 0.319 e. The van der Waals surface area contributed by atoms with Gasteiger partial charge in [0.05, 0.1) is 29.0 Å². The van der Waals surface area contributed by atoms with E-state index in [4.69, 9.17) is 11.6 Å². The van der Waals surface area contributed by atoms with Crippen LogP contribution in [0.2, 0.25) is 5.02 Å². The number of rotatable bonds is 4. The summed E-state index contributed by atoms with van der Waals surface area (Å²) in [6, 6.07) is 13.0. The molecule has 0 atom stereocenters. The summed E-state index contributed by atoms with van der Waals surface area (Å²) in [5.41, 5.74) is 1.89. The first-order chi connectivity index (χ1) is 11.1. The van der Waals surface area contributed by atoms with Gasteiger partial charge in [0.2, 0.25) is 0 Å². The van der Waals surface area contributed by atoms with Crippen LogP contribution in [0.15, 0.2) is 60.9 Å². The number of benzene rings is 2. The van der Waals surface area contributed by atoms with Crippen molar-refractivity contribution in [2.75, 3.05) is 5.32 Å². The van der Waals surface area contributed by atoms with E-state index in [1.54, 1.807) is 53.5 Å². The van der Waals surface area contributed by atoms with Crippen molar-refractivity contribution in [3.63, 3.8) is 0 Å². The van der Waals surface area contributed by atoms with Gasteiger partial charge in [0, 0.05) is 6.20 Å². The first-order valence-corrected chi connectivity index (χ1v) is 7.32. The fourth-order valence-electron chi connectivity index (χ4n) is 2.14. The molecule has 0 aliphatic carbocycles. The molecule has 6 heteroatoms. The summed E-state index contributed by atoms with van der Waals surface area (Å²) in [5, 5.41) is 7.32. The third kappa shape index (κ3) is 3.76. The Labute approximate surface area is 137 Å². The van der Waals surface area contributed by atoms with Crippen molar-refractivity contribution in [1.82, 2.24) is 9.78 Å². The third-order valence-electron chi connectivity index (χ3n) is 3.27. The number of carbonyl (C=O) groups excluding carboxylic acids is 1. The van der Waals surface area contributed by atoms with E-state index in [0.717, 1.165) is 5.56 Å². The monoisotopic (exact) mass is 329 g/mol. The number of nitrogens with one attached hydrogen (secondary N) is 1. The van der Waals surface area contributed by atoms with Gasteiger partial charge in [0.25, 0.3) is 5.91 Å². The van der Waals surface area contributed by atoms with Crippen LogP contribution in [0.4, 0.5) is 10.1 Å². The Bertz CT molecular complexity index is 830. The van der Waals surface area contributed by atoms with Crippen molar-refractivity contribution in [2.24, 2.45) is 0 Å². The number of nitrogens with zero attached hydrogens (tertiary/aromatic N) is 2. The molecule has 1 amide bonds. The molecule has 1 aromatic heterocycles. The number of amides is 1. The van der Waals surface area contributed by atoms with Crippen LogP contribution in [0.1, 0.15) is 15.9 Å². The Hall–Kier alpha value is -2.66. The number of hydrogen-bond donors (Lipinski definition) is 1. The van der Waals surface area contributed by atoms with E-state index in [-0.39, 0.29) is 11.7 Å². The molecule has 0 fully saturated rings. The Morgan fingerprint density at radius 1 is 1.17 bits per heavy atom. The molecule has 1 N–H and O–H groups in total. The Morgan fingerprint density at radius 3 is 2.65 bits per heavy atom. The highest BCUT2D eigenvalue weighted by molar-refractivity contribution is 6.34. The van der Waals surface area contributed by atoms with Crippen molar-refractivity contribution in [3.05, 3.63) is 82.9 Å². The van der Waals surface area contributed by atoms with Crippen molar-refractivity contribution in [1.29, 1.82) is 0 Å². The second-order valence-corrected chi connectivity index (χ2v) is 5.39. The van der Waals surface area contributed by atoms with E-state index in [2.05, 4.69) is 10.4 Å². The summed E-state index contributed by atoms with van der Waals surface area (Å²) >= 11 is 6.00. The van der Waals surface area contributed by atoms with Crippen molar-refractivity contribution in [3.8, 4) is 0 Å². The smallest absolute Gasteiger partial charge is 0.257 e. The minimum Gasteiger partial charge on any atom is -0.319 e. The number of anilines is 1. The third-order valence-corrected chi connectivity index (χ3v) is 3.60. The Kier molecular flexibility index (Phi) is 4.39. The van der Waals surface area contributed by atoms with Gasteiger partial charge in [-0.2, -0.15) is 5.10 Å². The zero-order valence-electron chi connectivity index (χ0n) is 12.0. The van der Waals surface area contributed by atoms with E-state index in [9.17, 15) is 9.18 Å². The van der Waals surface area contributed by atoms with Gasteiger partial charge in [0.15, 0.2) is 0 Å². The molecule has 0 saturated heterocycles. The van der Waals surface area contributed by atoms with Gasteiger partial charge in [-0.05, 0) is 29.8 Å². The molecule has 0 bridgehead atoms. The van der Waals surface area contributed by atoms with Gasteiger partial charge in [-0.3, -0.25) is 9.48 Å². The van der Waals surface area contributed by atoms with E-state index in [0.29, 0.717) is 22.8 Å². The number of aromatic nitrogens is 2. The number of halogens is 2. The highest BCUT2D eigenvalue weighted by Crippen LogP contribution is 2.17. The number of carbonyl (C=O) groups is 1. The van der Waals surface area contributed by atoms with Crippen LogP contribution in [0.25, 0.3) is 0 Å². The fourth-order valence-corrected chi connectivity index (χ4v) is 2.36. The van der Waals surface area contributed by atoms with Crippen LogP contribution in [-0.4, -0.2) is 15.7 Å². The first-order valence-electron chi connectivity index (χ1n) is 6.94. The molecule has 3 rings (SSSR count). The second-order valence-electron chi connectivity index (χ2n) is 4.99. The second kappa shape index (κ2) is 6.62. The molecular formula is C17H13ClFN3O. The van der Waals surface area contributed by atoms with Gasteiger partial charge in [-0.1, -0.05) is 35.9 Å². The maximum absolute atomic E-state index is 12.9. The summed E-state index contributed by atoms with van der Waals surface area (Å²) in [6.07, 6.45) is 3.26. The normalized spacial score (nSPS) is 10.5. The van der Waals surface area contributed by atoms with Crippen LogP contribution in [0.5, 0.6) is 0 Å². The predicted octanol–water partition coefficient (Wildman–Crippen LogP) is 3.98. The van der Waals surface area contributed by atoms with E-state index >= 15 is 0 Å². The zero-order valence-corrected chi connectivity index (χ0v) is 12.8. The molecule has 4 nitrogen and oxygen atoms in total. The lowest BCUT2D eigenvalue weighted by Crippen LogP contribution is -2.11. The molecule has 2 aromatic carbocycles. The molecule has 0 radical (unpaired) electrons. The van der Waals surface area contributed by atoms with Gasteiger partial charge >= 0.3 is 0 Å². The van der Waals surface area contributed by atoms with E-state index in [1.165, 1.54) is 12.1 Å².